The topological polar surface area (TPSA) is 29.3 Å². The summed E-state index contributed by atoms with van der Waals surface area (Å²) in [5.74, 6) is -1.68. The van der Waals surface area contributed by atoms with Crippen molar-refractivity contribution in [1.82, 2.24) is 4.90 Å². The third-order valence-electron chi connectivity index (χ3n) is 2.63. The smallest absolute Gasteiger partial charge is 0.163 e. The first kappa shape index (κ1) is 15.1. The van der Waals surface area contributed by atoms with Crippen molar-refractivity contribution in [3.05, 3.63) is 35.4 Å². The van der Waals surface area contributed by atoms with Gasteiger partial charge in [-0.15, -0.1) is 0 Å². The molecule has 102 valence electrons. The van der Waals surface area contributed by atoms with E-state index in [-0.39, 0.29) is 11.0 Å². The van der Waals surface area contributed by atoms with Gasteiger partial charge in [0.15, 0.2) is 11.6 Å². The summed E-state index contributed by atoms with van der Waals surface area (Å²) in [4.78, 5) is 2.04. The SMILES string of the molecule is CN(CC(N)c1cccc(F)c1F)CC(C)(C)C. The van der Waals surface area contributed by atoms with Gasteiger partial charge in [-0.05, 0) is 18.5 Å². The summed E-state index contributed by atoms with van der Waals surface area (Å²) < 4.78 is 26.7. The molecule has 2 nitrogen and oxygen atoms in total. The average molecular weight is 256 g/mol. The molecule has 0 saturated heterocycles. The van der Waals surface area contributed by atoms with Gasteiger partial charge in [0.1, 0.15) is 0 Å². The fourth-order valence-electron chi connectivity index (χ4n) is 2.12. The van der Waals surface area contributed by atoms with Crippen LogP contribution in [0.4, 0.5) is 8.78 Å². The Morgan fingerprint density at radius 2 is 1.89 bits per heavy atom. The molecule has 0 aliphatic heterocycles. The highest BCUT2D eigenvalue weighted by Crippen LogP contribution is 2.20. The van der Waals surface area contributed by atoms with Crippen molar-refractivity contribution in [2.45, 2.75) is 26.8 Å². The Kier molecular flexibility index (Phi) is 4.82. The van der Waals surface area contributed by atoms with Gasteiger partial charge in [0.05, 0.1) is 0 Å². The molecule has 0 aliphatic rings. The van der Waals surface area contributed by atoms with E-state index < -0.39 is 17.7 Å². The third kappa shape index (κ3) is 4.35. The Bertz CT molecular complexity index is 399. The molecule has 1 unspecified atom stereocenters. The van der Waals surface area contributed by atoms with Gasteiger partial charge in [0.2, 0.25) is 0 Å². The second-order valence-corrected chi connectivity index (χ2v) is 6.01. The molecule has 18 heavy (non-hydrogen) atoms. The quantitative estimate of drug-likeness (QED) is 0.897. The fraction of sp³-hybridized carbons (Fsp3) is 0.571. The van der Waals surface area contributed by atoms with E-state index in [9.17, 15) is 8.78 Å². The van der Waals surface area contributed by atoms with Crippen molar-refractivity contribution in [3.8, 4) is 0 Å². The zero-order valence-electron chi connectivity index (χ0n) is 11.5. The van der Waals surface area contributed by atoms with Crippen molar-refractivity contribution in [1.29, 1.82) is 0 Å². The maximum Gasteiger partial charge on any atom is 0.163 e. The standard InChI is InChI=1S/C14H22F2N2/c1-14(2,3)9-18(4)8-12(17)10-6-5-7-11(15)13(10)16/h5-7,12H,8-9,17H2,1-4H3. The molecule has 1 aromatic rings. The van der Waals surface area contributed by atoms with E-state index >= 15 is 0 Å². The molecule has 0 heterocycles. The molecule has 4 heteroatoms. The van der Waals surface area contributed by atoms with Crippen LogP contribution >= 0.6 is 0 Å². The Morgan fingerprint density at radius 3 is 2.44 bits per heavy atom. The predicted octanol–water partition coefficient (Wildman–Crippen LogP) is 2.94. The minimum absolute atomic E-state index is 0.148. The summed E-state index contributed by atoms with van der Waals surface area (Å²) in [5, 5.41) is 0. The summed E-state index contributed by atoms with van der Waals surface area (Å²) in [6.07, 6.45) is 0. The molecule has 0 aliphatic carbocycles. The van der Waals surface area contributed by atoms with E-state index in [1.165, 1.54) is 12.1 Å². The van der Waals surface area contributed by atoms with E-state index in [1.54, 1.807) is 0 Å². The normalized spacial score (nSPS) is 14.0. The first-order valence-corrected chi connectivity index (χ1v) is 6.09. The maximum absolute atomic E-state index is 13.6. The first-order valence-electron chi connectivity index (χ1n) is 6.09. The zero-order chi connectivity index (χ0) is 13.9. The summed E-state index contributed by atoms with van der Waals surface area (Å²) in [6, 6.07) is 3.60. The highest BCUT2D eigenvalue weighted by Gasteiger charge is 2.19. The molecule has 2 N–H and O–H groups in total. The van der Waals surface area contributed by atoms with E-state index in [2.05, 4.69) is 20.8 Å². The number of nitrogens with zero attached hydrogens (tertiary/aromatic N) is 1. The number of likely N-dealkylation sites (N-methyl/N-ethyl adjacent to an activating group) is 1. The fourth-order valence-corrected chi connectivity index (χ4v) is 2.12. The van der Waals surface area contributed by atoms with Crippen molar-refractivity contribution >= 4 is 0 Å². The van der Waals surface area contributed by atoms with Crippen LogP contribution in [-0.4, -0.2) is 25.0 Å². The molecule has 1 aromatic carbocycles. The highest BCUT2D eigenvalue weighted by atomic mass is 19.2. The number of benzene rings is 1. The van der Waals surface area contributed by atoms with Crippen LogP contribution in [0.5, 0.6) is 0 Å². The Labute approximate surface area is 108 Å². The Morgan fingerprint density at radius 1 is 1.28 bits per heavy atom. The van der Waals surface area contributed by atoms with Gasteiger partial charge in [0, 0.05) is 24.7 Å². The number of hydrogen-bond acceptors (Lipinski definition) is 2. The largest absolute Gasteiger partial charge is 0.323 e. The van der Waals surface area contributed by atoms with Gasteiger partial charge in [0.25, 0.3) is 0 Å². The Hall–Kier alpha value is -1.00. The van der Waals surface area contributed by atoms with Crippen molar-refractivity contribution < 1.29 is 8.78 Å². The molecule has 1 atom stereocenters. The summed E-state index contributed by atoms with van der Waals surface area (Å²) in [5.41, 5.74) is 6.32. The summed E-state index contributed by atoms with van der Waals surface area (Å²) >= 11 is 0. The monoisotopic (exact) mass is 256 g/mol. The second kappa shape index (κ2) is 5.76. The van der Waals surface area contributed by atoms with Crippen LogP contribution < -0.4 is 5.73 Å². The number of halogens is 2. The average Bonchev–Trinajstić information content (AvgIpc) is 2.18. The van der Waals surface area contributed by atoms with Crippen molar-refractivity contribution in [2.75, 3.05) is 20.1 Å². The van der Waals surface area contributed by atoms with Gasteiger partial charge in [-0.2, -0.15) is 0 Å². The number of nitrogens with two attached hydrogens (primary N) is 1. The van der Waals surface area contributed by atoms with Crippen molar-refractivity contribution in [2.24, 2.45) is 11.1 Å². The lowest BCUT2D eigenvalue weighted by Gasteiger charge is -2.28. The van der Waals surface area contributed by atoms with Gasteiger partial charge in [-0.25, -0.2) is 8.78 Å². The van der Waals surface area contributed by atoms with Crippen LogP contribution in [0.25, 0.3) is 0 Å². The lowest BCUT2D eigenvalue weighted by molar-refractivity contribution is 0.216. The molecule has 1 rings (SSSR count). The van der Waals surface area contributed by atoms with Crippen molar-refractivity contribution in [3.63, 3.8) is 0 Å². The molecule has 0 amide bonds. The minimum Gasteiger partial charge on any atom is -0.323 e. The van der Waals surface area contributed by atoms with E-state index in [0.717, 1.165) is 12.6 Å². The van der Waals surface area contributed by atoms with E-state index in [1.807, 2.05) is 11.9 Å². The van der Waals surface area contributed by atoms with Gasteiger partial charge >= 0.3 is 0 Å². The van der Waals surface area contributed by atoms with Crippen LogP contribution in [0.2, 0.25) is 0 Å². The molecule has 0 aromatic heterocycles. The van der Waals surface area contributed by atoms with E-state index in [4.69, 9.17) is 5.73 Å². The van der Waals surface area contributed by atoms with Gasteiger partial charge < -0.3 is 10.6 Å². The zero-order valence-corrected chi connectivity index (χ0v) is 11.5. The van der Waals surface area contributed by atoms with Crippen LogP contribution in [0.3, 0.4) is 0 Å². The minimum atomic E-state index is -0.846. The molecular weight excluding hydrogens is 234 g/mol. The predicted molar refractivity (Wildman–Crippen MR) is 70.2 cm³/mol. The maximum atomic E-state index is 13.6. The third-order valence-corrected chi connectivity index (χ3v) is 2.63. The molecular formula is C14H22F2N2. The van der Waals surface area contributed by atoms with Gasteiger partial charge in [-0.1, -0.05) is 32.9 Å². The van der Waals surface area contributed by atoms with E-state index in [0.29, 0.717) is 6.54 Å². The molecule has 0 radical (unpaired) electrons. The molecule has 0 fully saturated rings. The highest BCUT2D eigenvalue weighted by molar-refractivity contribution is 5.22. The molecule has 0 saturated carbocycles. The van der Waals surface area contributed by atoms with Crippen LogP contribution in [0, 0.1) is 17.0 Å². The van der Waals surface area contributed by atoms with Crippen LogP contribution in [-0.2, 0) is 0 Å². The lowest BCUT2D eigenvalue weighted by atomic mass is 9.96. The molecule has 0 spiro atoms. The van der Waals surface area contributed by atoms with Gasteiger partial charge in [-0.3, -0.25) is 0 Å². The van der Waals surface area contributed by atoms with Crippen LogP contribution in [0.15, 0.2) is 18.2 Å². The molecule has 0 bridgehead atoms. The first-order chi connectivity index (χ1) is 8.20. The summed E-state index contributed by atoms with van der Waals surface area (Å²) in [6.45, 7) is 7.71. The second-order valence-electron chi connectivity index (χ2n) is 6.01. The lowest BCUT2D eigenvalue weighted by Crippen LogP contribution is -2.35. The Balaban J connectivity index is 2.71. The number of hydrogen-bond donors (Lipinski definition) is 1. The number of rotatable bonds is 4. The summed E-state index contributed by atoms with van der Waals surface area (Å²) in [7, 11) is 1.93. The van der Waals surface area contributed by atoms with Crippen LogP contribution in [0.1, 0.15) is 32.4 Å².